The SMILES string of the molecule is CN(Cc1ccccc1)C(=O)NCCC(=O)NC1CCN(Cc2ccccn2)CC1. The topological polar surface area (TPSA) is 77.6 Å². The molecule has 1 saturated heterocycles. The highest BCUT2D eigenvalue weighted by molar-refractivity contribution is 5.78. The molecule has 1 aliphatic rings. The summed E-state index contributed by atoms with van der Waals surface area (Å²) in [5.41, 5.74) is 2.15. The lowest BCUT2D eigenvalue weighted by Crippen LogP contribution is -2.45. The summed E-state index contributed by atoms with van der Waals surface area (Å²) in [5.74, 6) is -0.0100. The van der Waals surface area contributed by atoms with Gasteiger partial charge in [0, 0.05) is 58.4 Å². The van der Waals surface area contributed by atoms with Crippen molar-refractivity contribution in [3.05, 3.63) is 66.0 Å². The molecule has 1 fully saturated rings. The number of carbonyl (C=O) groups excluding carboxylic acids is 2. The number of aromatic nitrogens is 1. The first-order valence-electron chi connectivity index (χ1n) is 10.5. The molecule has 3 rings (SSSR count). The normalized spacial score (nSPS) is 14.8. The Morgan fingerprint density at radius 3 is 2.53 bits per heavy atom. The predicted molar refractivity (Wildman–Crippen MR) is 117 cm³/mol. The Bertz CT molecular complexity index is 792. The number of rotatable bonds is 8. The number of urea groups is 1. The fourth-order valence-electron chi connectivity index (χ4n) is 3.60. The fourth-order valence-corrected chi connectivity index (χ4v) is 3.60. The molecule has 0 bridgehead atoms. The van der Waals surface area contributed by atoms with Crippen LogP contribution in [0.2, 0.25) is 0 Å². The van der Waals surface area contributed by atoms with Gasteiger partial charge in [0.15, 0.2) is 0 Å². The Labute approximate surface area is 178 Å². The Morgan fingerprint density at radius 2 is 1.83 bits per heavy atom. The predicted octanol–water partition coefficient (Wildman–Crippen LogP) is 2.39. The molecule has 7 heteroatoms. The van der Waals surface area contributed by atoms with Gasteiger partial charge in [0.25, 0.3) is 0 Å². The zero-order valence-corrected chi connectivity index (χ0v) is 17.6. The van der Waals surface area contributed by atoms with Crippen LogP contribution >= 0.6 is 0 Å². The van der Waals surface area contributed by atoms with Gasteiger partial charge in [-0.15, -0.1) is 0 Å². The maximum atomic E-state index is 12.2. The van der Waals surface area contributed by atoms with Crippen molar-refractivity contribution in [2.45, 2.75) is 38.4 Å². The van der Waals surface area contributed by atoms with Crippen molar-refractivity contribution in [3.8, 4) is 0 Å². The minimum Gasteiger partial charge on any atom is -0.353 e. The number of piperidine rings is 1. The molecule has 1 aliphatic heterocycles. The van der Waals surface area contributed by atoms with Crippen molar-refractivity contribution in [2.75, 3.05) is 26.7 Å². The van der Waals surface area contributed by atoms with Crippen LogP contribution in [0, 0.1) is 0 Å². The van der Waals surface area contributed by atoms with E-state index in [0.29, 0.717) is 19.5 Å². The molecule has 0 spiro atoms. The lowest BCUT2D eigenvalue weighted by molar-refractivity contribution is -0.122. The van der Waals surface area contributed by atoms with Gasteiger partial charge in [0.1, 0.15) is 0 Å². The molecule has 1 aromatic heterocycles. The van der Waals surface area contributed by atoms with Crippen LogP contribution in [0.1, 0.15) is 30.5 Å². The Kier molecular flexibility index (Phi) is 8.20. The molecule has 0 atom stereocenters. The second-order valence-corrected chi connectivity index (χ2v) is 7.76. The molecule has 2 heterocycles. The lowest BCUT2D eigenvalue weighted by atomic mass is 10.0. The highest BCUT2D eigenvalue weighted by Gasteiger charge is 2.21. The van der Waals surface area contributed by atoms with Crippen molar-refractivity contribution >= 4 is 11.9 Å². The maximum Gasteiger partial charge on any atom is 0.317 e. The number of hydrogen-bond donors (Lipinski definition) is 2. The van der Waals surface area contributed by atoms with Crippen molar-refractivity contribution in [2.24, 2.45) is 0 Å². The van der Waals surface area contributed by atoms with Gasteiger partial charge in [-0.1, -0.05) is 36.4 Å². The van der Waals surface area contributed by atoms with Gasteiger partial charge in [-0.05, 0) is 30.5 Å². The Balaban J connectivity index is 1.29. The van der Waals surface area contributed by atoms with Gasteiger partial charge in [-0.3, -0.25) is 14.7 Å². The second-order valence-electron chi connectivity index (χ2n) is 7.76. The molecular weight excluding hydrogens is 378 g/mol. The first-order valence-corrected chi connectivity index (χ1v) is 10.5. The van der Waals surface area contributed by atoms with Gasteiger partial charge in [-0.25, -0.2) is 4.79 Å². The summed E-state index contributed by atoms with van der Waals surface area (Å²) in [5, 5.41) is 5.92. The molecule has 2 N–H and O–H groups in total. The first-order chi connectivity index (χ1) is 14.6. The largest absolute Gasteiger partial charge is 0.353 e. The van der Waals surface area contributed by atoms with Crippen molar-refractivity contribution in [1.29, 1.82) is 0 Å². The van der Waals surface area contributed by atoms with Crippen LogP contribution in [-0.4, -0.2) is 59.4 Å². The third-order valence-corrected chi connectivity index (χ3v) is 5.30. The summed E-state index contributed by atoms with van der Waals surface area (Å²) >= 11 is 0. The van der Waals surface area contributed by atoms with E-state index in [1.807, 2.05) is 54.7 Å². The third-order valence-electron chi connectivity index (χ3n) is 5.30. The molecule has 0 unspecified atom stereocenters. The molecule has 30 heavy (non-hydrogen) atoms. The standard InChI is InChI=1S/C23H31N5O2/c1-27(17-19-7-3-2-4-8-19)23(30)25-14-10-22(29)26-20-11-15-28(16-12-20)18-21-9-5-6-13-24-21/h2-9,13,20H,10-12,14-18H2,1H3,(H,25,30)(H,26,29). The first kappa shape index (κ1) is 21.8. The summed E-state index contributed by atoms with van der Waals surface area (Å²) < 4.78 is 0. The minimum absolute atomic E-state index is 0.0100. The number of hydrogen-bond acceptors (Lipinski definition) is 4. The molecule has 1 aromatic carbocycles. The molecular formula is C23H31N5O2. The summed E-state index contributed by atoms with van der Waals surface area (Å²) in [7, 11) is 1.75. The molecule has 7 nitrogen and oxygen atoms in total. The number of carbonyl (C=O) groups is 2. The monoisotopic (exact) mass is 409 g/mol. The maximum absolute atomic E-state index is 12.2. The van der Waals surface area contributed by atoms with E-state index in [-0.39, 0.29) is 18.0 Å². The molecule has 0 saturated carbocycles. The fraction of sp³-hybridized carbons (Fsp3) is 0.435. The summed E-state index contributed by atoms with van der Waals surface area (Å²) in [4.78, 5) is 32.8. The van der Waals surface area contributed by atoms with Gasteiger partial charge < -0.3 is 15.5 Å². The van der Waals surface area contributed by atoms with E-state index in [1.54, 1.807) is 11.9 Å². The third kappa shape index (κ3) is 7.15. The van der Waals surface area contributed by atoms with Crippen LogP contribution in [0.3, 0.4) is 0 Å². The Morgan fingerprint density at radius 1 is 1.10 bits per heavy atom. The summed E-state index contributed by atoms with van der Waals surface area (Å²) in [6.07, 6.45) is 3.98. The lowest BCUT2D eigenvalue weighted by Gasteiger charge is -2.32. The van der Waals surface area contributed by atoms with Crippen LogP contribution in [0.25, 0.3) is 0 Å². The van der Waals surface area contributed by atoms with Gasteiger partial charge in [0.2, 0.25) is 5.91 Å². The number of likely N-dealkylation sites (tertiary alicyclic amines) is 1. The summed E-state index contributed by atoms with van der Waals surface area (Å²) in [6.45, 7) is 3.62. The van der Waals surface area contributed by atoms with Crippen molar-refractivity contribution in [1.82, 2.24) is 25.4 Å². The zero-order valence-electron chi connectivity index (χ0n) is 17.6. The minimum atomic E-state index is -0.172. The van der Waals surface area contributed by atoms with Gasteiger partial charge in [0.05, 0.1) is 5.69 Å². The smallest absolute Gasteiger partial charge is 0.317 e. The van der Waals surface area contributed by atoms with E-state index >= 15 is 0 Å². The molecule has 160 valence electrons. The Hall–Kier alpha value is -2.93. The average molecular weight is 410 g/mol. The number of amides is 3. The van der Waals surface area contributed by atoms with E-state index in [1.165, 1.54) is 0 Å². The van der Waals surface area contributed by atoms with Crippen molar-refractivity contribution < 1.29 is 9.59 Å². The molecule has 2 aromatic rings. The van der Waals surface area contributed by atoms with E-state index < -0.39 is 0 Å². The quantitative estimate of drug-likeness (QED) is 0.702. The van der Waals surface area contributed by atoms with Crippen LogP contribution < -0.4 is 10.6 Å². The number of nitrogens with zero attached hydrogens (tertiary/aromatic N) is 3. The van der Waals surface area contributed by atoms with E-state index in [2.05, 4.69) is 20.5 Å². The number of nitrogens with one attached hydrogen (secondary N) is 2. The van der Waals surface area contributed by atoms with Crippen LogP contribution in [0.5, 0.6) is 0 Å². The highest BCUT2D eigenvalue weighted by Crippen LogP contribution is 2.13. The van der Waals surface area contributed by atoms with Gasteiger partial charge >= 0.3 is 6.03 Å². The highest BCUT2D eigenvalue weighted by atomic mass is 16.2. The van der Waals surface area contributed by atoms with E-state index in [4.69, 9.17) is 0 Å². The summed E-state index contributed by atoms with van der Waals surface area (Å²) in [6, 6.07) is 15.8. The second kappa shape index (κ2) is 11.3. The number of pyridine rings is 1. The van der Waals surface area contributed by atoms with Crippen LogP contribution in [0.15, 0.2) is 54.7 Å². The van der Waals surface area contributed by atoms with Crippen molar-refractivity contribution in [3.63, 3.8) is 0 Å². The van der Waals surface area contributed by atoms with Crippen LogP contribution in [-0.2, 0) is 17.9 Å². The molecule has 0 radical (unpaired) electrons. The average Bonchev–Trinajstić information content (AvgIpc) is 2.76. The van der Waals surface area contributed by atoms with E-state index in [0.717, 1.165) is 43.7 Å². The molecule has 0 aliphatic carbocycles. The van der Waals surface area contributed by atoms with E-state index in [9.17, 15) is 9.59 Å². The van der Waals surface area contributed by atoms with Gasteiger partial charge in [-0.2, -0.15) is 0 Å². The van der Waals surface area contributed by atoms with Crippen LogP contribution in [0.4, 0.5) is 4.79 Å². The molecule has 3 amide bonds. The number of benzene rings is 1. The zero-order chi connectivity index (χ0) is 21.2.